The summed E-state index contributed by atoms with van der Waals surface area (Å²) in [6.45, 7) is 7.95. The van der Waals surface area contributed by atoms with Crippen molar-refractivity contribution in [2.75, 3.05) is 60.4 Å². The van der Waals surface area contributed by atoms with E-state index in [0.717, 1.165) is 43.0 Å². The van der Waals surface area contributed by atoms with E-state index in [1.165, 1.54) is 29.6 Å². The molecule has 2 bridgehead atoms. The van der Waals surface area contributed by atoms with Crippen molar-refractivity contribution < 1.29 is 23.1 Å². The lowest BCUT2D eigenvalue weighted by Crippen LogP contribution is -2.54. The van der Waals surface area contributed by atoms with Gasteiger partial charge in [-0.15, -0.1) is 0 Å². The third-order valence-corrected chi connectivity index (χ3v) is 12.4. The summed E-state index contributed by atoms with van der Waals surface area (Å²) in [4.78, 5) is 45.5. The molecule has 1 aromatic heterocycles. The molecule has 48 heavy (non-hydrogen) atoms. The van der Waals surface area contributed by atoms with E-state index < -0.39 is 16.3 Å². The number of amides is 2. The molecule has 5 atom stereocenters. The van der Waals surface area contributed by atoms with E-state index in [1.54, 1.807) is 15.5 Å². The van der Waals surface area contributed by atoms with Gasteiger partial charge in [0.2, 0.25) is 5.91 Å². The number of benzene rings is 1. The zero-order chi connectivity index (χ0) is 34.9. The average molecular weight is 688 g/mol. The Bertz CT molecular complexity index is 1630. The van der Waals surface area contributed by atoms with Crippen molar-refractivity contribution in [3.05, 3.63) is 46.2 Å². The quantitative estimate of drug-likeness (QED) is 0.322. The molecule has 2 N–H and O–H groups in total. The largest absolute Gasteiger partial charge is 0.390 e. The van der Waals surface area contributed by atoms with Crippen LogP contribution in [0.3, 0.4) is 0 Å². The molecule has 3 unspecified atom stereocenters. The van der Waals surface area contributed by atoms with E-state index >= 15 is 0 Å². The van der Waals surface area contributed by atoms with Crippen LogP contribution in [-0.4, -0.2) is 144 Å². The minimum Gasteiger partial charge on any atom is -0.390 e. The molecular formula is C34H53N7O6S. The molecule has 14 heteroatoms. The first-order chi connectivity index (χ1) is 22.7. The Hall–Kier alpha value is -2.88. The number of fused-ring (bicyclic) bond motifs is 3. The van der Waals surface area contributed by atoms with Crippen LogP contribution >= 0.6 is 0 Å². The van der Waals surface area contributed by atoms with Crippen LogP contribution in [0.25, 0.3) is 10.9 Å². The zero-order valence-corrected chi connectivity index (χ0v) is 30.0. The minimum absolute atomic E-state index is 0.0633. The predicted molar refractivity (Wildman–Crippen MR) is 186 cm³/mol. The monoisotopic (exact) mass is 687 g/mol. The number of piperidine rings is 1. The van der Waals surface area contributed by atoms with Crippen LogP contribution < -0.4 is 10.9 Å². The van der Waals surface area contributed by atoms with Crippen LogP contribution in [0, 0.1) is 0 Å². The van der Waals surface area contributed by atoms with Crippen LogP contribution in [0.15, 0.2) is 35.1 Å². The summed E-state index contributed by atoms with van der Waals surface area (Å²) >= 11 is 0. The molecule has 2 aromatic rings. The van der Waals surface area contributed by atoms with Gasteiger partial charge in [-0.25, -0.2) is 0 Å². The summed E-state index contributed by atoms with van der Waals surface area (Å²) in [6, 6.07) is 9.63. The first kappa shape index (κ1) is 36.4. The lowest BCUT2D eigenvalue weighted by atomic mass is 9.96. The normalized spacial score (nSPS) is 24.2. The molecule has 5 rings (SSSR count). The highest BCUT2D eigenvalue weighted by Crippen LogP contribution is 2.36. The van der Waals surface area contributed by atoms with E-state index in [4.69, 9.17) is 0 Å². The fraction of sp³-hybridized carbons (Fsp3) is 0.676. The number of hydrogen-bond donors (Lipinski definition) is 2. The Kier molecular flexibility index (Phi) is 11.3. The van der Waals surface area contributed by atoms with Gasteiger partial charge in [0.1, 0.15) is 5.56 Å². The lowest BCUT2D eigenvalue weighted by Gasteiger charge is -2.40. The molecule has 2 amide bonds. The van der Waals surface area contributed by atoms with E-state index in [9.17, 15) is 27.9 Å². The molecule has 13 nitrogen and oxygen atoms in total. The van der Waals surface area contributed by atoms with Crippen molar-refractivity contribution in [2.45, 2.75) is 89.2 Å². The summed E-state index contributed by atoms with van der Waals surface area (Å²) in [7, 11) is 1.57. The molecule has 3 fully saturated rings. The van der Waals surface area contributed by atoms with Crippen LogP contribution in [0.1, 0.15) is 69.3 Å². The van der Waals surface area contributed by atoms with Crippen molar-refractivity contribution in [1.82, 2.24) is 33.2 Å². The van der Waals surface area contributed by atoms with E-state index in [0.29, 0.717) is 32.7 Å². The van der Waals surface area contributed by atoms with Gasteiger partial charge in [-0.2, -0.15) is 17.0 Å². The van der Waals surface area contributed by atoms with E-state index in [-0.39, 0.29) is 59.7 Å². The Morgan fingerprint density at radius 3 is 2.33 bits per heavy atom. The van der Waals surface area contributed by atoms with Crippen LogP contribution in [0.4, 0.5) is 0 Å². The van der Waals surface area contributed by atoms with Crippen LogP contribution in [0.2, 0.25) is 0 Å². The summed E-state index contributed by atoms with van der Waals surface area (Å²) in [6.07, 6.45) is 3.43. The average Bonchev–Trinajstić information content (AvgIpc) is 3.61. The maximum Gasteiger partial charge on any atom is 0.281 e. The fourth-order valence-corrected chi connectivity index (χ4v) is 8.98. The topological polar surface area (TPSA) is 139 Å². The standard InChI is InChI=1S/C34H53N7O6S/c1-23(2)41-32-10-8-7-9-25(32)17-31(34(41)45)33(44)35-26-18-27-11-12-28(19-26)40(27)22-30(43)21-38(24(3)42)16-15-37(6)29-13-14-39(20-29)48(46,47)36(4)5/h7-10,17,23,26-30,43H,11-16,18-22H2,1-6H3,(H,35,44)/t26?,27-,28+,29?,30?. The molecule has 3 aliphatic rings. The molecular weight excluding hydrogens is 634 g/mol. The molecule has 0 radical (unpaired) electrons. The van der Waals surface area contributed by atoms with E-state index in [2.05, 4.69) is 15.1 Å². The van der Waals surface area contributed by atoms with Gasteiger partial charge in [-0.05, 0) is 70.5 Å². The number of rotatable bonds is 13. The smallest absolute Gasteiger partial charge is 0.281 e. The van der Waals surface area contributed by atoms with Gasteiger partial charge < -0.3 is 24.8 Å². The second kappa shape index (κ2) is 14.9. The third kappa shape index (κ3) is 7.79. The summed E-state index contributed by atoms with van der Waals surface area (Å²) in [5.74, 6) is -0.454. The molecule has 0 saturated carbocycles. The lowest BCUT2D eigenvalue weighted by molar-refractivity contribution is -0.130. The maximum absolute atomic E-state index is 13.5. The third-order valence-electron chi connectivity index (χ3n) is 10.5. The van der Waals surface area contributed by atoms with E-state index in [1.807, 2.05) is 45.2 Å². The van der Waals surface area contributed by atoms with Crippen molar-refractivity contribution in [2.24, 2.45) is 0 Å². The number of carbonyl (C=O) groups excluding carboxylic acids is 2. The van der Waals surface area contributed by atoms with Crippen molar-refractivity contribution in [1.29, 1.82) is 0 Å². The Labute approximate surface area is 284 Å². The predicted octanol–water partition coefficient (Wildman–Crippen LogP) is 1.33. The second-order valence-corrected chi connectivity index (χ2v) is 16.4. The second-order valence-electron chi connectivity index (χ2n) is 14.3. The van der Waals surface area contributed by atoms with Gasteiger partial charge in [0.25, 0.3) is 21.7 Å². The number of hydrogen-bond acceptors (Lipinski definition) is 8. The highest BCUT2D eigenvalue weighted by atomic mass is 32.2. The van der Waals surface area contributed by atoms with Gasteiger partial charge in [0.05, 0.1) is 11.6 Å². The summed E-state index contributed by atoms with van der Waals surface area (Å²) < 4.78 is 29.4. The van der Waals surface area contributed by atoms with Gasteiger partial charge in [0, 0.05) is 90.5 Å². The molecule has 4 heterocycles. The van der Waals surface area contributed by atoms with Gasteiger partial charge >= 0.3 is 0 Å². The highest BCUT2D eigenvalue weighted by Gasteiger charge is 2.42. The van der Waals surface area contributed by atoms with Crippen molar-refractivity contribution >= 4 is 32.9 Å². The number of aliphatic hydroxyl groups is 1. The number of aromatic nitrogens is 1. The fourth-order valence-electron chi connectivity index (χ4n) is 7.82. The first-order valence-corrected chi connectivity index (χ1v) is 18.6. The molecule has 3 saturated heterocycles. The number of para-hydroxylation sites is 1. The molecule has 3 aliphatic heterocycles. The SMILES string of the molecule is CC(=O)N(CCN(C)C1CCN(S(=O)(=O)N(C)C)C1)CC(O)CN1[C@@H]2CC[C@H]1CC(NC(=O)c1cc3ccccc3n(C(C)C)c1=O)C2. The Balaban J connectivity index is 1.14. The van der Waals surface area contributed by atoms with Crippen LogP contribution in [-0.2, 0) is 15.0 Å². The minimum atomic E-state index is -3.45. The number of nitrogens with zero attached hydrogens (tertiary/aromatic N) is 6. The number of likely N-dealkylation sites (N-methyl/N-ethyl adjacent to an activating group) is 1. The van der Waals surface area contributed by atoms with Gasteiger partial charge in [0.15, 0.2) is 0 Å². The number of nitrogens with one attached hydrogen (secondary N) is 1. The van der Waals surface area contributed by atoms with Gasteiger partial charge in [-0.1, -0.05) is 18.2 Å². The molecule has 0 aliphatic carbocycles. The Morgan fingerprint density at radius 2 is 1.71 bits per heavy atom. The Morgan fingerprint density at radius 1 is 1.04 bits per heavy atom. The number of carbonyl (C=O) groups is 2. The zero-order valence-electron chi connectivity index (χ0n) is 29.2. The molecule has 0 spiro atoms. The molecule has 1 aromatic carbocycles. The summed E-state index contributed by atoms with van der Waals surface area (Å²) in [5, 5.41) is 15.2. The van der Waals surface area contributed by atoms with Crippen molar-refractivity contribution in [3.8, 4) is 0 Å². The van der Waals surface area contributed by atoms with Crippen LogP contribution in [0.5, 0.6) is 0 Å². The van der Waals surface area contributed by atoms with Crippen molar-refractivity contribution in [3.63, 3.8) is 0 Å². The first-order valence-electron chi connectivity index (χ1n) is 17.2. The number of aliphatic hydroxyl groups excluding tert-OH is 1. The maximum atomic E-state index is 13.5. The number of pyridine rings is 1. The summed E-state index contributed by atoms with van der Waals surface area (Å²) in [5.41, 5.74) is 0.688. The van der Waals surface area contributed by atoms with Gasteiger partial charge in [-0.3, -0.25) is 19.3 Å². The highest BCUT2D eigenvalue weighted by molar-refractivity contribution is 7.86. The molecule has 266 valence electrons.